The molecule has 1 fully saturated rings. The molecule has 4 rings (SSSR count). The Bertz CT molecular complexity index is 1040. The molecular formula is C26H33N5O3. The molecule has 0 aliphatic carbocycles. The number of carboxylic acid groups (broad SMARTS) is 1. The Hall–Kier alpha value is -3.23. The fourth-order valence-corrected chi connectivity index (χ4v) is 4.67. The van der Waals surface area contributed by atoms with Crippen LogP contribution in [0.2, 0.25) is 0 Å². The summed E-state index contributed by atoms with van der Waals surface area (Å²) >= 11 is 0. The molecule has 2 aromatic rings. The largest absolute Gasteiger partial charge is 0.480 e. The number of nitrogens with zero attached hydrogens (tertiary/aromatic N) is 4. The number of nitrogens with one attached hydrogen (secondary N) is 1. The number of carboxylic acids is 1. The van der Waals surface area contributed by atoms with Crippen molar-refractivity contribution in [3.05, 3.63) is 64.7 Å². The van der Waals surface area contributed by atoms with Gasteiger partial charge in [-0.3, -0.25) is 19.5 Å². The van der Waals surface area contributed by atoms with Crippen molar-refractivity contribution in [3.63, 3.8) is 0 Å². The lowest BCUT2D eigenvalue weighted by Gasteiger charge is -2.36. The molecule has 2 aliphatic heterocycles. The van der Waals surface area contributed by atoms with Crippen LogP contribution in [-0.4, -0.2) is 84.3 Å². The molecule has 0 bridgehead atoms. The van der Waals surface area contributed by atoms with E-state index in [1.165, 1.54) is 5.56 Å². The molecule has 8 nitrogen and oxygen atoms in total. The molecule has 8 heteroatoms. The molecule has 1 amide bonds. The quantitative estimate of drug-likeness (QED) is 0.614. The van der Waals surface area contributed by atoms with Gasteiger partial charge in [0, 0.05) is 50.0 Å². The molecule has 34 heavy (non-hydrogen) atoms. The van der Waals surface area contributed by atoms with Gasteiger partial charge in [0.25, 0.3) is 5.91 Å². The van der Waals surface area contributed by atoms with Crippen LogP contribution in [0.5, 0.6) is 0 Å². The van der Waals surface area contributed by atoms with Gasteiger partial charge in [-0.15, -0.1) is 0 Å². The van der Waals surface area contributed by atoms with Crippen LogP contribution in [0.3, 0.4) is 0 Å². The van der Waals surface area contributed by atoms with Crippen molar-refractivity contribution < 1.29 is 14.7 Å². The Morgan fingerprint density at radius 3 is 2.50 bits per heavy atom. The second-order valence-electron chi connectivity index (χ2n) is 9.03. The molecule has 2 aliphatic rings. The number of hydrogen-bond acceptors (Lipinski definition) is 6. The van der Waals surface area contributed by atoms with Crippen LogP contribution in [0, 0.1) is 0 Å². The van der Waals surface area contributed by atoms with Gasteiger partial charge in [-0.05, 0) is 60.8 Å². The minimum absolute atomic E-state index is 0.0481. The second kappa shape index (κ2) is 10.8. The summed E-state index contributed by atoms with van der Waals surface area (Å²) in [5.41, 5.74) is 4.62. The van der Waals surface area contributed by atoms with E-state index in [1.54, 1.807) is 0 Å². The predicted octanol–water partition coefficient (Wildman–Crippen LogP) is 2.91. The van der Waals surface area contributed by atoms with Crippen LogP contribution in [0.4, 0.5) is 5.69 Å². The molecule has 1 saturated heterocycles. The summed E-state index contributed by atoms with van der Waals surface area (Å²) in [5.74, 6) is -0.958. The number of carbonyl (C=O) groups excluding carboxylic acids is 1. The van der Waals surface area contributed by atoms with Crippen LogP contribution in [0.25, 0.3) is 0 Å². The average molecular weight is 464 g/mol. The number of piperazine rings is 1. The van der Waals surface area contributed by atoms with Gasteiger partial charge in [-0.1, -0.05) is 25.1 Å². The molecule has 1 atom stereocenters. The van der Waals surface area contributed by atoms with E-state index >= 15 is 0 Å². The number of likely N-dealkylation sites (N-methyl/N-ethyl adjacent to an activating group) is 1. The summed E-state index contributed by atoms with van der Waals surface area (Å²) in [7, 11) is 2.12. The number of anilines is 1. The van der Waals surface area contributed by atoms with E-state index in [1.807, 2.05) is 53.6 Å². The first-order valence-corrected chi connectivity index (χ1v) is 11.9. The zero-order valence-corrected chi connectivity index (χ0v) is 19.9. The number of aliphatic carboxylic acids is 1. The van der Waals surface area contributed by atoms with Gasteiger partial charge in [0.2, 0.25) is 0 Å². The van der Waals surface area contributed by atoms with E-state index in [-0.39, 0.29) is 18.5 Å². The van der Waals surface area contributed by atoms with E-state index in [0.29, 0.717) is 12.1 Å². The molecule has 0 spiro atoms. The Labute approximate surface area is 200 Å². The first-order chi connectivity index (χ1) is 16.4. The Balaban J connectivity index is 1.38. The molecule has 1 unspecified atom stereocenters. The maximum Gasteiger partial charge on any atom is 0.317 e. The third kappa shape index (κ3) is 5.81. The van der Waals surface area contributed by atoms with Crippen molar-refractivity contribution in [1.29, 1.82) is 0 Å². The van der Waals surface area contributed by atoms with Gasteiger partial charge in [0.05, 0.1) is 12.8 Å². The molecule has 0 radical (unpaired) electrons. The standard InChI is InChI=1S/C26H33N5O3/c1-3-24-23-9-8-22(16-21(23)10-11-30(24)18-25(32)33)28-26(34)20-6-4-19(5-7-20)17-27-31-14-12-29(2)13-15-31/h4-9,16-17,24H,3,10-15,18H2,1-2H3,(H,28,34)(H,32,33). The number of hydrazone groups is 1. The van der Waals surface area contributed by atoms with Gasteiger partial charge in [-0.2, -0.15) is 5.10 Å². The zero-order chi connectivity index (χ0) is 24.1. The number of rotatable bonds is 7. The highest BCUT2D eigenvalue weighted by Crippen LogP contribution is 2.33. The molecular weight excluding hydrogens is 430 g/mol. The lowest BCUT2D eigenvalue weighted by Crippen LogP contribution is -2.41. The van der Waals surface area contributed by atoms with Crippen molar-refractivity contribution in [1.82, 2.24) is 14.8 Å². The summed E-state index contributed by atoms with van der Waals surface area (Å²) in [6.45, 7) is 6.69. The van der Waals surface area contributed by atoms with Crippen LogP contribution in [0.1, 0.15) is 46.4 Å². The third-order valence-corrected chi connectivity index (χ3v) is 6.62. The van der Waals surface area contributed by atoms with E-state index in [0.717, 1.165) is 55.8 Å². The molecule has 0 aromatic heterocycles. The number of carbonyl (C=O) groups is 2. The average Bonchev–Trinajstić information content (AvgIpc) is 2.83. The highest BCUT2D eigenvalue weighted by molar-refractivity contribution is 6.04. The van der Waals surface area contributed by atoms with Crippen molar-refractivity contribution in [3.8, 4) is 0 Å². The van der Waals surface area contributed by atoms with Gasteiger partial charge in [0.15, 0.2) is 0 Å². The minimum Gasteiger partial charge on any atom is -0.480 e. The second-order valence-corrected chi connectivity index (χ2v) is 9.03. The Kier molecular flexibility index (Phi) is 7.59. The number of amides is 1. The lowest BCUT2D eigenvalue weighted by atomic mass is 9.90. The number of fused-ring (bicyclic) bond motifs is 1. The van der Waals surface area contributed by atoms with E-state index in [2.05, 4.69) is 34.3 Å². The first kappa shape index (κ1) is 23.9. The fraction of sp³-hybridized carbons (Fsp3) is 0.423. The number of hydrogen-bond donors (Lipinski definition) is 2. The van der Waals surface area contributed by atoms with E-state index in [4.69, 9.17) is 0 Å². The normalized spacial score (nSPS) is 19.2. The molecule has 2 N–H and O–H groups in total. The molecule has 2 aromatic carbocycles. The van der Waals surface area contributed by atoms with Crippen molar-refractivity contribution in [2.75, 3.05) is 51.6 Å². The number of benzene rings is 2. The Morgan fingerprint density at radius 2 is 1.82 bits per heavy atom. The lowest BCUT2D eigenvalue weighted by molar-refractivity contribution is -0.139. The van der Waals surface area contributed by atoms with E-state index in [9.17, 15) is 14.7 Å². The van der Waals surface area contributed by atoms with Gasteiger partial charge in [0.1, 0.15) is 0 Å². The Morgan fingerprint density at radius 1 is 1.09 bits per heavy atom. The topological polar surface area (TPSA) is 88.5 Å². The highest BCUT2D eigenvalue weighted by Gasteiger charge is 2.27. The molecule has 180 valence electrons. The highest BCUT2D eigenvalue weighted by atomic mass is 16.4. The summed E-state index contributed by atoms with van der Waals surface area (Å²) in [6, 6.07) is 13.5. The zero-order valence-electron chi connectivity index (χ0n) is 19.9. The monoisotopic (exact) mass is 463 g/mol. The van der Waals surface area contributed by atoms with Crippen molar-refractivity contribution in [2.24, 2.45) is 5.10 Å². The molecule has 2 heterocycles. The van der Waals surface area contributed by atoms with Gasteiger partial charge < -0.3 is 15.3 Å². The maximum absolute atomic E-state index is 12.8. The fourth-order valence-electron chi connectivity index (χ4n) is 4.67. The smallest absolute Gasteiger partial charge is 0.317 e. The van der Waals surface area contributed by atoms with Gasteiger partial charge in [-0.25, -0.2) is 0 Å². The summed E-state index contributed by atoms with van der Waals surface area (Å²) in [6.07, 6.45) is 3.45. The van der Waals surface area contributed by atoms with Gasteiger partial charge >= 0.3 is 5.97 Å². The van der Waals surface area contributed by atoms with Crippen LogP contribution < -0.4 is 5.32 Å². The predicted molar refractivity (Wildman–Crippen MR) is 133 cm³/mol. The van der Waals surface area contributed by atoms with Crippen LogP contribution >= 0.6 is 0 Å². The summed E-state index contributed by atoms with van der Waals surface area (Å²) in [5, 5.41) is 18.8. The SMILES string of the molecule is CCC1c2ccc(NC(=O)c3ccc(C=NN4CCN(C)CC4)cc3)cc2CCN1CC(=O)O. The summed E-state index contributed by atoms with van der Waals surface area (Å²) in [4.78, 5) is 28.3. The minimum atomic E-state index is -0.803. The first-order valence-electron chi connectivity index (χ1n) is 11.9. The van der Waals surface area contributed by atoms with Crippen molar-refractivity contribution in [2.45, 2.75) is 25.8 Å². The van der Waals surface area contributed by atoms with Crippen LogP contribution in [0.15, 0.2) is 47.6 Å². The third-order valence-electron chi connectivity index (χ3n) is 6.62. The van der Waals surface area contributed by atoms with E-state index < -0.39 is 5.97 Å². The van der Waals surface area contributed by atoms with Crippen LogP contribution in [-0.2, 0) is 11.2 Å². The summed E-state index contributed by atoms with van der Waals surface area (Å²) < 4.78 is 0. The molecule has 0 saturated carbocycles. The maximum atomic E-state index is 12.8. The van der Waals surface area contributed by atoms with Crippen molar-refractivity contribution >= 4 is 23.8 Å².